The highest BCUT2D eigenvalue weighted by Gasteiger charge is 2.35. The van der Waals surface area contributed by atoms with Gasteiger partial charge in [-0.2, -0.15) is 11.3 Å². The zero-order valence-corrected chi connectivity index (χ0v) is 17.9. The first-order valence-corrected chi connectivity index (χ1v) is 10.6. The number of benzene rings is 2. The Bertz CT molecular complexity index is 1180. The average molecular weight is 436 g/mol. The lowest BCUT2D eigenvalue weighted by molar-refractivity contribution is -0.142. The maximum Gasteiger partial charge on any atom is 0.417 e. The lowest BCUT2D eigenvalue weighted by Gasteiger charge is -2.26. The number of thiophene rings is 1. The molecule has 0 saturated carbocycles. The summed E-state index contributed by atoms with van der Waals surface area (Å²) in [6, 6.07) is 18.0. The van der Waals surface area contributed by atoms with Gasteiger partial charge < -0.3 is 13.9 Å². The normalized spacial score (nSPS) is 11.8. The van der Waals surface area contributed by atoms with Gasteiger partial charge in [0.2, 0.25) is 5.88 Å². The van der Waals surface area contributed by atoms with Crippen LogP contribution in [0.1, 0.15) is 5.56 Å². The molecule has 31 heavy (non-hydrogen) atoms. The number of ether oxygens (including phenoxy) is 2. The second-order valence-electron chi connectivity index (χ2n) is 6.92. The minimum Gasteiger partial charge on any atom is -0.467 e. The van der Waals surface area contributed by atoms with Crippen LogP contribution in [0.25, 0.3) is 22.1 Å². The van der Waals surface area contributed by atoms with Crippen molar-refractivity contribution >= 4 is 40.3 Å². The lowest BCUT2D eigenvalue weighted by Crippen LogP contribution is -2.47. The molecular weight excluding hydrogens is 414 g/mol. The molecule has 0 aliphatic carbocycles. The third-order valence-electron chi connectivity index (χ3n) is 5.02. The summed E-state index contributed by atoms with van der Waals surface area (Å²) in [6.07, 6.45) is -0.455. The van der Waals surface area contributed by atoms with E-state index in [0.29, 0.717) is 5.58 Å². The fourth-order valence-electron chi connectivity index (χ4n) is 3.48. The van der Waals surface area contributed by atoms with Gasteiger partial charge in [-0.15, -0.1) is 0 Å². The number of carbonyl (C=O) groups is 2. The molecule has 6 nitrogen and oxygen atoms in total. The third kappa shape index (κ3) is 4.32. The number of fused-ring (bicyclic) bond motifs is 1. The minimum atomic E-state index is -0.947. The number of carbonyl (C=O) groups excluding carboxylic acids is 2. The molecule has 0 unspecified atom stereocenters. The van der Waals surface area contributed by atoms with Crippen molar-refractivity contribution in [3.8, 4) is 11.1 Å². The van der Waals surface area contributed by atoms with Crippen LogP contribution in [0.4, 0.5) is 10.7 Å². The molecule has 2 aromatic carbocycles. The van der Waals surface area contributed by atoms with Gasteiger partial charge >= 0.3 is 12.1 Å². The number of hydrogen-bond donors (Lipinski definition) is 0. The van der Waals surface area contributed by atoms with E-state index in [2.05, 4.69) is 5.38 Å². The predicted octanol–water partition coefficient (Wildman–Crippen LogP) is 5.52. The van der Waals surface area contributed by atoms with Gasteiger partial charge in [-0.25, -0.2) is 14.5 Å². The monoisotopic (exact) mass is 435 g/mol. The highest BCUT2D eigenvalue weighted by molar-refractivity contribution is 7.08. The largest absolute Gasteiger partial charge is 0.467 e. The van der Waals surface area contributed by atoms with E-state index in [4.69, 9.17) is 13.9 Å². The summed E-state index contributed by atoms with van der Waals surface area (Å²) < 4.78 is 15.9. The van der Waals surface area contributed by atoms with Crippen LogP contribution < -0.4 is 4.90 Å². The molecular formula is C24H21NO5S. The molecule has 158 valence electrons. The maximum absolute atomic E-state index is 12.7. The number of esters is 1. The van der Waals surface area contributed by atoms with E-state index in [1.165, 1.54) is 19.1 Å². The highest BCUT2D eigenvalue weighted by Crippen LogP contribution is 2.32. The van der Waals surface area contributed by atoms with Crippen molar-refractivity contribution in [2.75, 3.05) is 19.1 Å². The Hall–Kier alpha value is -3.58. The van der Waals surface area contributed by atoms with Crippen molar-refractivity contribution in [1.82, 2.24) is 0 Å². The Morgan fingerprint density at radius 1 is 1.00 bits per heavy atom. The van der Waals surface area contributed by atoms with Crippen molar-refractivity contribution in [3.63, 3.8) is 0 Å². The van der Waals surface area contributed by atoms with Crippen LogP contribution in [0.15, 0.2) is 75.8 Å². The standard InChI is InChI=1S/C24H21NO5S/c1-28-23(26)20(12-16-6-4-3-5-7-16)25(24(27)29-2)22-14-19-13-17(8-9-21(19)30-22)18-10-11-31-15-18/h3-11,13-15,20H,12H2,1-2H3/t20-/m1/s1. The highest BCUT2D eigenvalue weighted by atomic mass is 32.1. The van der Waals surface area contributed by atoms with Gasteiger partial charge in [0, 0.05) is 17.9 Å². The van der Waals surface area contributed by atoms with E-state index < -0.39 is 18.1 Å². The van der Waals surface area contributed by atoms with Crippen LogP contribution >= 0.6 is 11.3 Å². The van der Waals surface area contributed by atoms with Crippen LogP contribution in [-0.4, -0.2) is 32.3 Å². The number of nitrogens with zero attached hydrogens (tertiary/aromatic N) is 1. The molecule has 0 saturated heterocycles. The Labute approximate surface area is 183 Å². The molecule has 2 aromatic heterocycles. The van der Waals surface area contributed by atoms with E-state index in [1.807, 2.05) is 60.0 Å². The van der Waals surface area contributed by atoms with Crippen LogP contribution in [-0.2, 0) is 20.7 Å². The number of rotatable bonds is 6. The van der Waals surface area contributed by atoms with Gasteiger partial charge in [-0.05, 0) is 45.6 Å². The summed E-state index contributed by atoms with van der Waals surface area (Å²) >= 11 is 1.62. The third-order valence-corrected chi connectivity index (χ3v) is 5.71. The molecule has 4 rings (SSSR count). The SMILES string of the molecule is COC(=O)[C@@H](Cc1ccccc1)N(C(=O)OC)c1cc2cc(-c3ccsc3)ccc2o1. The molecule has 7 heteroatoms. The van der Waals surface area contributed by atoms with Crippen LogP contribution in [0.3, 0.4) is 0 Å². The number of hydrogen-bond acceptors (Lipinski definition) is 6. The van der Waals surface area contributed by atoms with Crippen LogP contribution in [0.5, 0.6) is 0 Å². The molecule has 0 aliphatic rings. The quantitative estimate of drug-likeness (QED) is 0.373. The van der Waals surface area contributed by atoms with Gasteiger partial charge in [0.05, 0.1) is 14.2 Å². The molecule has 0 N–H and O–H groups in total. The lowest BCUT2D eigenvalue weighted by atomic mass is 10.0. The van der Waals surface area contributed by atoms with Gasteiger partial charge in [-0.3, -0.25) is 0 Å². The second kappa shape index (κ2) is 9.06. The van der Waals surface area contributed by atoms with Crippen molar-refractivity contribution in [2.45, 2.75) is 12.5 Å². The number of anilines is 1. The summed E-state index contributed by atoms with van der Waals surface area (Å²) in [6.45, 7) is 0. The van der Waals surface area contributed by atoms with Gasteiger partial charge in [-0.1, -0.05) is 36.4 Å². The fraction of sp³-hybridized carbons (Fsp3) is 0.167. The predicted molar refractivity (Wildman–Crippen MR) is 120 cm³/mol. The molecule has 0 radical (unpaired) electrons. The molecule has 1 atom stereocenters. The van der Waals surface area contributed by atoms with E-state index in [-0.39, 0.29) is 12.3 Å². The molecule has 0 spiro atoms. The van der Waals surface area contributed by atoms with Crippen LogP contribution in [0.2, 0.25) is 0 Å². The Kier molecular flexibility index (Phi) is 6.04. The Morgan fingerprint density at radius 3 is 2.48 bits per heavy atom. The molecule has 2 heterocycles. The topological polar surface area (TPSA) is 69.0 Å². The first-order chi connectivity index (χ1) is 15.1. The molecule has 0 aliphatic heterocycles. The number of amides is 1. The molecule has 0 fully saturated rings. The summed E-state index contributed by atoms with van der Waals surface area (Å²) in [7, 11) is 2.56. The average Bonchev–Trinajstić information content (AvgIpc) is 3.48. The summed E-state index contributed by atoms with van der Waals surface area (Å²) in [5.41, 5.74) is 3.63. The summed E-state index contributed by atoms with van der Waals surface area (Å²) in [5.74, 6) is -0.343. The zero-order valence-electron chi connectivity index (χ0n) is 17.1. The van der Waals surface area contributed by atoms with Gasteiger partial charge in [0.15, 0.2) is 0 Å². The van der Waals surface area contributed by atoms with E-state index in [9.17, 15) is 9.59 Å². The van der Waals surface area contributed by atoms with E-state index in [1.54, 1.807) is 17.4 Å². The maximum atomic E-state index is 12.7. The second-order valence-corrected chi connectivity index (χ2v) is 7.70. The van der Waals surface area contributed by atoms with Crippen molar-refractivity contribution in [2.24, 2.45) is 0 Å². The van der Waals surface area contributed by atoms with Gasteiger partial charge in [0.1, 0.15) is 11.6 Å². The fourth-order valence-corrected chi connectivity index (χ4v) is 4.14. The zero-order chi connectivity index (χ0) is 21.8. The Morgan fingerprint density at radius 2 is 1.81 bits per heavy atom. The van der Waals surface area contributed by atoms with Crippen molar-refractivity contribution in [3.05, 3.63) is 77.0 Å². The number of methoxy groups -OCH3 is 2. The molecule has 4 aromatic rings. The van der Waals surface area contributed by atoms with E-state index >= 15 is 0 Å². The summed E-state index contributed by atoms with van der Waals surface area (Å²) in [4.78, 5) is 26.6. The Balaban J connectivity index is 1.76. The number of furan rings is 1. The molecule has 1 amide bonds. The van der Waals surface area contributed by atoms with Crippen molar-refractivity contribution in [1.29, 1.82) is 0 Å². The van der Waals surface area contributed by atoms with E-state index in [0.717, 1.165) is 22.1 Å². The summed E-state index contributed by atoms with van der Waals surface area (Å²) in [5, 5.41) is 4.90. The molecule has 0 bridgehead atoms. The van der Waals surface area contributed by atoms with Crippen LogP contribution in [0, 0.1) is 0 Å². The first-order valence-electron chi connectivity index (χ1n) is 9.66. The smallest absolute Gasteiger partial charge is 0.417 e. The van der Waals surface area contributed by atoms with Gasteiger partial charge in [0.25, 0.3) is 0 Å². The van der Waals surface area contributed by atoms with Crippen molar-refractivity contribution < 1.29 is 23.5 Å². The minimum absolute atomic E-state index is 0.218. The first kappa shape index (κ1) is 20.7.